The summed E-state index contributed by atoms with van der Waals surface area (Å²) in [5.41, 5.74) is -0.847. The number of fused-ring (bicyclic) bond motifs is 1. The second kappa shape index (κ2) is 5.38. The van der Waals surface area contributed by atoms with E-state index in [1.54, 1.807) is 0 Å². The number of β-amino-alcohol motifs (C(OH)–C–C–N with tert-alkyl or cyclic N) is 1. The van der Waals surface area contributed by atoms with E-state index in [1.807, 2.05) is 0 Å². The molecule has 1 N–H and O–H groups in total. The van der Waals surface area contributed by atoms with Gasteiger partial charge in [0.25, 0.3) is 0 Å². The predicted molar refractivity (Wildman–Crippen MR) is 79.3 cm³/mol. The fraction of sp³-hybridized carbons (Fsp3) is 0.882. The zero-order chi connectivity index (χ0) is 15.2. The molecule has 3 rings (SSSR count). The topological polar surface area (TPSA) is 57.6 Å². The lowest BCUT2D eigenvalue weighted by Gasteiger charge is -2.37. The largest absolute Gasteiger partial charge is 0.388 e. The zero-order valence-electron chi connectivity index (χ0n) is 13.2. The van der Waals surface area contributed by atoms with Crippen LogP contribution in [0, 0.1) is 23.7 Å². The first-order valence-corrected chi connectivity index (χ1v) is 8.51. The summed E-state index contributed by atoms with van der Waals surface area (Å²) in [5, 5.41) is 10.7. The van der Waals surface area contributed by atoms with Crippen molar-refractivity contribution in [3.63, 3.8) is 0 Å². The number of hydrogen-bond donors (Lipinski definition) is 1. The predicted octanol–water partition coefficient (Wildman–Crippen LogP) is 2.35. The fourth-order valence-electron chi connectivity index (χ4n) is 4.44. The molecule has 0 aromatic carbocycles. The fourth-order valence-corrected chi connectivity index (χ4v) is 4.44. The second-order valence-corrected chi connectivity index (χ2v) is 7.63. The van der Waals surface area contributed by atoms with Crippen LogP contribution in [0.15, 0.2) is 0 Å². The SMILES string of the molecule is CCC1CC2C(=O)N(CC3(O)CCC(C)CC3)C(=O)C2C1. The van der Waals surface area contributed by atoms with Crippen LogP contribution in [-0.2, 0) is 9.59 Å². The lowest BCUT2D eigenvalue weighted by molar-refractivity contribution is -0.146. The molecule has 0 spiro atoms. The van der Waals surface area contributed by atoms with Crippen LogP contribution in [0.2, 0.25) is 0 Å². The van der Waals surface area contributed by atoms with Gasteiger partial charge in [0.1, 0.15) is 0 Å². The zero-order valence-corrected chi connectivity index (χ0v) is 13.2. The minimum absolute atomic E-state index is 0.0204. The molecule has 2 unspecified atom stereocenters. The number of carbonyl (C=O) groups is 2. The van der Waals surface area contributed by atoms with Crippen LogP contribution in [0.25, 0.3) is 0 Å². The number of rotatable bonds is 3. The van der Waals surface area contributed by atoms with Crippen LogP contribution >= 0.6 is 0 Å². The summed E-state index contributed by atoms with van der Waals surface area (Å²) in [6.45, 7) is 4.55. The van der Waals surface area contributed by atoms with E-state index in [1.165, 1.54) is 4.90 Å². The molecule has 1 aliphatic heterocycles. The maximum Gasteiger partial charge on any atom is 0.233 e. The highest BCUT2D eigenvalue weighted by Crippen LogP contribution is 2.45. The van der Waals surface area contributed by atoms with Gasteiger partial charge in [-0.1, -0.05) is 20.3 Å². The Balaban J connectivity index is 1.68. The smallest absolute Gasteiger partial charge is 0.233 e. The number of hydrogen-bond acceptors (Lipinski definition) is 3. The Morgan fingerprint density at radius 1 is 1.14 bits per heavy atom. The van der Waals surface area contributed by atoms with Gasteiger partial charge in [-0.2, -0.15) is 0 Å². The molecule has 118 valence electrons. The molecule has 3 fully saturated rings. The monoisotopic (exact) mass is 293 g/mol. The second-order valence-electron chi connectivity index (χ2n) is 7.63. The van der Waals surface area contributed by atoms with Gasteiger partial charge in [0.2, 0.25) is 11.8 Å². The highest BCUT2D eigenvalue weighted by molar-refractivity contribution is 6.05. The summed E-state index contributed by atoms with van der Waals surface area (Å²) in [5.74, 6) is 0.914. The molecule has 1 heterocycles. The summed E-state index contributed by atoms with van der Waals surface area (Å²) in [6, 6.07) is 0. The van der Waals surface area contributed by atoms with Crippen molar-refractivity contribution in [3.05, 3.63) is 0 Å². The summed E-state index contributed by atoms with van der Waals surface area (Å²) in [4.78, 5) is 26.5. The van der Waals surface area contributed by atoms with Crippen molar-refractivity contribution in [2.45, 2.75) is 64.4 Å². The molecule has 2 saturated carbocycles. The van der Waals surface area contributed by atoms with Gasteiger partial charge < -0.3 is 5.11 Å². The first-order valence-electron chi connectivity index (χ1n) is 8.51. The van der Waals surface area contributed by atoms with Crippen LogP contribution < -0.4 is 0 Å². The quantitative estimate of drug-likeness (QED) is 0.813. The third kappa shape index (κ3) is 2.63. The number of imide groups is 1. The van der Waals surface area contributed by atoms with E-state index in [4.69, 9.17) is 0 Å². The third-order valence-corrected chi connectivity index (χ3v) is 6.06. The van der Waals surface area contributed by atoms with E-state index in [0.717, 1.165) is 32.1 Å². The number of likely N-dealkylation sites (tertiary alicyclic amines) is 1. The first kappa shape index (κ1) is 15.0. The molecule has 0 bridgehead atoms. The van der Waals surface area contributed by atoms with Gasteiger partial charge >= 0.3 is 0 Å². The average Bonchev–Trinajstić information content (AvgIpc) is 2.98. The minimum Gasteiger partial charge on any atom is -0.388 e. The van der Waals surface area contributed by atoms with Gasteiger partial charge in [-0.05, 0) is 50.4 Å². The van der Waals surface area contributed by atoms with Crippen molar-refractivity contribution in [2.75, 3.05) is 6.54 Å². The minimum atomic E-state index is -0.847. The normalized spacial score (nSPS) is 43.5. The maximum absolute atomic E-state index is 12.5. The highest BCUT2D eigenvalue weighted by Gasteiger charge is 2.53. The Bertz CT molecular complexity index is 415. The van der Waals surface area contributed by atoms with Crippen LogP contribution in [0.1, 0.15) is 58.8 Å². The number of nitrogens with zero attached hydrogens (tertiary/aromatic N) is 1. The lowest BCUT2D eigenvalue weighted by atomic mass is 9.79. The molecule has 4 heteroatoms. The van der Waals surface area contributed by atoms with Crippen molar-refractivity contribution in [2.24, 2.45) is 23.7 Å². The molecular formula is C17H27NO3. The molecule has 1 saturated heterocycles. The molecule has 21 heavy (non-hydrogen) atoms. The van der Waals surface area contributed by atoms with Gasteiger partial charge in [0, 0.05) is 0 Å². The average molecular weight is 293 g/mol. The number of amides is 2. The van der Waals surface area contributed by atoms with E-state index in [0.29, 0.717) is 24.7 Å². The Labute approximate surface area is 126 Å². The standard InChI is InChI=1S/C17H27NO3/c1-3-12-8-13-14(9-12)16(20)18(15(13)19)10-17(21)6-4-11(2)5-7-17/h11-14,21H,3-10H2,1-2H3. The van der Waals surface area contributed by atoms with E-state index >= 15 is 0 Å². The van der Waals surface area contributed by atoms with Crippen LogP contribution in [-0.4, -0.2) is 34.0 Å². The molecule has 2 amide bonds. The van der Waals surface area contributed by atoms with E-state index in [9.17, 15) is 14.7 Å². The molecule has 2 atom stereocenters. The summed E-state index contributed by atoms with van der Waals surface area (Å²) >= 11 is 0. The van der Waals surface area contributed by atoms with Crippen molar-refractivity contribution in [1.82, 2.24) is 4.90 Å². The Morgan fingerprint density at radius 3 is 2.14 bits per heavy atom. The Morgan fingerprint density at radius 2 is 1.67 bits per heavy atom. The molecule has 4 nitrogen and oxygen atoms in total. The van der Waals surface area contributed by atoms with Gasteiger partial charge in [-0.3, -0.25) is 14.5 Å². The number of carbonyl (C=O) groups excluding carboxylic acids is 2. The number of aliphatic hydroxyl groups is 1. The van der Waals surface area contributed by atoms with Gasteiger partial charge in [-0.15, -0.1) is 0 Å². The van der Waals surface area contributed by atoms with E-state index in [-0.39, 0.29) is 30.2 Å². The van der Waals surface area contributed by atoms with Crippen molar-refractivity contribution in [1.29, 1.82) is 0 Å². The van der Waals surface area contributed by atoms with Crippen LogP contribution in [0.3, 0.4) is 0 Å². The van der Waals surface area contributed by atoms with Crippen molar-refractivity contribution in [3.8, 4) is 0 Å². The first-order chi connectivity index (χ1) is 9.93. The van der Waals surface area contributed by atoms with E-state index in [2.05, 4.69) is 13.8 Å². The van der Waals surface area contributed by atoms with E-state index < -0.39 is 5.60 Å². The summed E-state index contributed by atoms with van der Waals surface area (Å²) in [6.07, 6.45) is 6.15. The van der Waals surface area contributed by atoms with Crippen molar-refractivity contribution >= 4 is 11.8 Å². The molecule has 2 aliphatic carbocycles. The van der Waals surface area contributed by atoms with Gasteiger partial charge in [-0.25, -0.2) is 0 Å². The highest BCUT2D eigenvalue weighted by atomic mass is 16.3. The van der Waals surface area contributed by atoms with Crippen LogP contribution in [0.4, 0.5) is 0 Å². The molecule has 0 aromatic rings. The molecule has 0 aromatic heterocycles. The van der Waals surface area contributed by atoms with Crippen molar-refractivity contribution < 1.29 is 14.7 Å². The van der Waals surface area contributed by atoms with Gasteiger partial charge in [0.05, 0.1) is 24.0 Å². The summed E-state index contributed by atoms with van der Waals surface area (Å²) < 4.78 is 0. The summed E-state index contributed by atoms with van der Waals surface area (Å²) in [7, 11) is 0. The third-order valence-electron chi connectivity index (χ3n) is 6.06. The Kier molecular flexibility index (Phi) is 3.85. The van der Waals surface area contributed by atoms with Crippen LogP contribution in [0.5, 0.6) is 0 Å². The maximum atomic E-state index is 12.5. The molecular weight excluding hydrogens is 266 g/mol. The lowest BCUT2D eigenvalue weighted by Crippen LogP contribution is -2.48. The van der Waals surface area contributed by atoms with Gasteiger partial charge in [0.15, 0.2) is 0 Å². The molecule has 0 radical (unpaired) electrons. The molecule has 3 aliphatic rings. The Hall–Kier alpha value is -0.900.